The minimum Gasteiger partial charge on any atom is -0.396 e. The van der Waals surface area contributed by atoms with Crippen LogP contribution in [0.4, 0.5) is 24.5 Å². The van der Waals surface area contributed by atoms with Crippen LogP contribution in [0, 0.1) is 0 Å². The number of hydrogen-bond donors (Lipinski definition) is 3. The summed E-state index contributed by atoms with van der Waals surface area (Å²) >= 11 is 1.61. The summed E-state index contributed by atoms with van der Waals surface area (Å²) in [5.74, 6) is 1.54. The summed E-state index contributed by atoms with van der Waals surface area (Å²) < 4.78 is 37.4. The second kappa shape index (κ2) is 7.44. The van der Waals surface area contributed by atoms with Crippen molar-refractivity contribution in [2.24, 2.45) is 0 Å². The Hall–Kier alpha value is -1.15. The molecule has 4 N–H and O–H groups in total. The Kier molecular flexibility index (Phi) is 6.23. The van der Waals surface area contributed by atoms with Crippen LogP contribution in [0.2, 0.25) is 0 Å². The lowest BCUT2D eigenvalue weighted by Gasteiger charge is -2.12. The van der Waals surface area contributed by atoms with Gasteiger partial charge in [-0.1, -0.05) is 0 Å². The molecule has 0 aliphatic carbocycles. The number of alkyl halides is 3. The Morgan fingerprint density at radius 1 is 1.37 bits per heavy atom. The van der Waals surface area contributed by atoms with E-state index in [1.165, 1.54) is 0 Å². The number of aliphatic hydroxyl groups is 1. The zero-order valence-corrected chi connectivity index (χ0v) is 11.0. The second-order valence-corrected chi connectivity index (χ2v) is 5.00. The Morgan fingerprint density at radius 3 is 2.74 bits per heavy atom. The zero-order valence-electron chi connectivity index (χ0n) is 10.2. The molecule has 19 heavy (non-hydrogen) atoms. The van der Waals surface area contributed by atoms with E-state index in [4.69, 9.17) is 10.8 Å². The minimum absolute atomic E-state index is 0.146. The van der Waals surface area contributed by atoms with Crippen LogP contribution in [0.25, 0.3) is 0 Å². The molecule has 0 saturated carbocycles. The van der Waals surface area contributed by atoms with E-state index in [-0.39, 0.29) is 18.0 Å². The molecule has 0 aliphatic heterocycles. The summed E-state index contributed by atoms with van der Waals surface area (Å²) in [6.45, 7) is 0.647. The highest BCUT2D eigenvalue weighted by molar-refractivity contribution is 7.99. The van der Waals surface area contributed by atoms with Crippen molar-refractivity contribution in [1.82, 2.24) is 4.98 Å². The fraction of sp³-hybridized carbons (Fsp3) is 0.545. The standard InChI is InChI=1S/C11H16F3N3OS/c12-11(13,14)10-6-9(8(15)7-17-10)16-2-5-19-4-1-3-18/h6-7,18H,1-5,15H2,(H,16,17). The summed E-state index contributed by atoms with van der Waals surface area (Å²) in [4.78, 5) is 3.26. The van der Waals surface area contributed by atoms with Gasteiger partial charge in [0.15, 0.2) is 0 Å². The van der Waals surface area contributed by atoms with Gasteiger partial charge in [-0.25, -0.2) is 4.98 Å². The SMILES string of the molecule is Nc1cnc(C(F)(F)F)cc1NCCSCCCO. The number of aromatic nitrogens is 1. The average molecular weight is 295 g/mol. The molecule has 1 heterocycles. The third kappa shape index (κ3) is 5.56. The van der Waals surface area contributed by atoms with E-state index >= 15 is 0 Å². The van der Waals surface area contributed by atoms with Gasteiger partial charge in [0.2, 0.25) is 0 Å². The number of nitrogen functional groups attached to an aromatic ring is 1. The highest BCUT2D eigenvalue weighted by Crippen LogP contribution is 2.30. The molecule has 1 aromatic heterocycles. The lowest BCUT2D eigenvalue weighted by molar-refractivity contribution is -0.141. The maximum Gasteiger partial charge on any atom is 0.433 e. The highest BCUT2D eigenvalue weighted by Gasteiger charge is 2.32. The van der Waals surface area contributed by atoms with Crippen LogP contribution in [-0.4, -0.2) is 34.7 Å². The maximum absolute atomic E-state index is 12.5. The second-order valence-electron chi connectivity index (χ2n) is 3.77. The largest absolute Gasteiger partial charge is 0.433 e. The Bertz CT molecular complexity index is 401. The number of nitrogens with one attached hydrogen (secondary N) is 1. The molecule has 0 atom stereocenters. The number of nitrogens with zero attached hydrogens (tertiary/aromatic N) is 1. The van der Waals surface area contributed by atoms with Crippen LogP contribution in [0.1, 0.15) is 12.1 Å². The number of pyridine rings is 1. The summed E-state index contributed by atoms with van der Waals surface area (Å²) in [7, 11) is 0. The molecule has 0 spiro atoms. The molecule has 0 bridgehead atoms. The Balaban J connectivity index is 2.49. The van der Waals surface area contributed by atoms with Crippen LogP contribution >= 0.6 is 11.8 Å². The summed E-state index contributed by atoms with van der Waals surface area (Å²) in [5, 5.41) is 11.4. The summed E-state index contributed by atoms with van der Waals surface area (Å²) in [6, 6.07) is 0.910. The third-order valence-corrected chi connectivity index (χ3v) is 3.30. The molecule has 0 aliphatic rings. The molecule has 0 radical (unpaired) electrons. The van der Waals surface area contributed by atoms with Crippen LogP contribution in [-0.2, 0) is 6.18 Å². The minimum atomic E-state index is -4.47. The predicted octanol–water partition coefficient (Wildman–Crippen LogP) is 2.21. The normalized spacial score (nSPS) is 11.6. The van der Waals surface area contributed by atoms with Crippen molar-refractivity contribution in [1.29, 1.82) is 0 Å². The first-order valence-corrected chi connectivity index (χ1v) is 6.86. The van der Waals surface area contributed by atoms with Crippen molar-refractivity contribution in [3.8, 4) is 0 Å². The molecular weight excluding hydrogens is 279 g/mol. The highest BCUT2D eigenvalue weighted by atomic mass is 32.2. The van der Waals surface area contributed by atoms with Crippen molar-refractivity contribution in [2.45, 2.75) is 12.6 Å². The monoisotopic (exact) mass is 295 g/mol. The summed E-state index contributed by atoms with van der Waals surface area (Å²) in [5.41, 5.74) is 5.03. The molecule has 1 rings (SSSR count). The van der Waals surface area contributed by atoms with E-state index in [0.717, 1.165) is 23.8 Å². The molecule has 0 aromatic carbocycles. The van der Waals surface area contributed by atoms with Crippen molar-refractivity contribution < 1.29 is 18.3 Å². The number of hydrogen-bond acceptors (Lipinski definition) is 5. The molecule has 0 fully saturated rings. The zero-order chi connectivity index (χ0) is 14.3. The van der Waals surface area contributed by atoms with E-state index in [2.05, 4.69) is 10.3 Å². The predicted molar refractivity (Wildman–Crippen MR) is 71.2 cm³/mol. The number of rotatable bonds is 7. The van der Waals surface area contributed by atoms with Crippen molar-refractivity contribution in [3.05, 3.63) is 18.0 Å². The van der Waals surface area contributed by atoms with Gasteiger partial charge >= 0.3 is 6.18 Å². The lowest BCUT2D eigenvalue weighted by Crippen LogP contribution is -2.12. The van der Waals surface area contributed by atoms with E-state index in [0.29, 0.717) is 13.0 Å². The van der Waals surface area contributed by atoms with E-state index in [1.54, 1.807) is 11.8 Å². The van der Waals surface area contributed by atoms with E-state index < -0.39 is 11.9 Å². The van der Waals surface area contributed by atoms with Crippen LogP contribution in [0.5, 0.6) is 0 Å². The van der Waals surface area contributed by atoms with Gasteiger partial charge in [0.1, 0.15) is 5.69 Å². The van der Waals surface area contributed by atoms with E-state index in [9.17, 15) is 13.2 Å². The molecule has 108 valence electrons. The third-order valence-electron chi connectivity index (χ3n) is 2.23. The van der Waals surface area contributed by atoms with Crippen molar-refractivity contribution in [2.75, 3.05) is 35.7 Å². The van der Waals surface area contributed by atoms with Gasteiger partial charge in [-0.05, 0) is 18.2 Å². The Labute approximate surface area is 113 Å². The first-order chi connectivity index (χ1) is 8.95. The van der Waals surface area contributed by atoms with Gasteiger partial charge in [-0.3, -0.25) is 0 Å². The van der Waals surface area contributed by atoms with Gasteiger partial charge in [0.25, 0.3) is 0 Å². The van der Waals surface area contributed by atoms with Crippen LogP contribution in [0.3, 0.4) is 0 Å². The molecule has 0 amide bonds. The topological polar surface area (TPSA) is 71.2 Å². The average Bonchev–Trinajstić information content (AvgIpc) is 2.34. The maximum atomic E-state index is 12.5. The van der Waals surface area contributed by atoms with Crippen LogP contribution in [0.15, 0.2) is 12.3 Å². The first kappa shape index (κ1) is 15.9. The van der Waals surface area contributed by atoms with Gasteiger partial charge in [0, 0.05) is 18.9 Å². The van der Waals surface area contributed by atoms with Gasteiger partial charge in [-0.15, -0.1) is 0 Å². The van der Waals surface area contributed by atoms with Crippen molar-refractivity contribution in [3.63, 3.8) is 0 Å². The number of thioether (sulfide) groups is 1. The van der Waals surface area contributed by atoms with Gasteiger partial charge < -0.3 is 16.2 Å². The molecular formula is C11H16F3N3OS. The number of nitrogens with two attached hydrogens (primary N) is 1. The van der Waals surface area contributed by atoms with Crippen molar-refractivity contribution >= 4 is 23.1 Å². The number of aliphatic hydroxyl groups excluding tert-OH is 1. The van der Waals surface area contributed by atoms with Gasteiger partial charge in [0.05, 0.1) is 17.6 Å². The summed E-state index contributed by atoms with van der Waals surface area (Å²) in [6.07, 6.45) is -2.76. The molecule has 4 nitrogen and oxygen atoms in total. The number of anilines is 2. The van der Waals surface area contributed by atoms with E-state index in [1.807, 2.05) is 0 Å². The molecule has 1 aromatic rings. The van der Waals surface area contributed by atoms with Crippen LogP contribution < -0.4 is 11.1 Å². The van der Waals surface area contributed by atoms with Gasteiger partial charge in [-0.2, -0.15) is 24.9 Å². The fourth-order valence-corrected chi connectivity index (χ4v) is 2.08. The fourth-order valence-electron chi connectivity index (χ4n) is 1.30. The quantitative estimate of drug-likeness (QED) is 0.673. The first-order valence-electron chi connectivity index (χ1n) is 5.70. The lowest BCUT2D eigenvalue weighted by atomic mass is 10.2. The smallest absolute Gasteiger partial charge is 0.396 e. The number of halogens is 3. The Morgan fingerprint density at radius 2 is 2.11 bits per heavy atom. The molecule has 0 unspecified atom stereocenters. The molecule has 8 heteroatoms. The molecule has 0 saturated heterocycles.